The van der Waals surface area contributed by atoms with Gasteiger partial charge in [-0.05, 0) is 52.0 Å². The first kappa shape index (κ1) is 23.2. The summed E-state index contributed by atoms with van der Waals surface area (Å²) in [6.45, 7) is 6.64. The van der Waals surface area contributed by atoms with Crippen molar-refractivity contribution in [1.29, 1.82) is 0 Å². The Morgan fingerprint density at radius 1 is 1.06 bits per heavy atom. The van der Waals surface area contributed by atoms with Crippen LogP contribution < -0.4 is 11.3 Å². The predicted octanol–water partition coefficient (Wildman–Crippen LogP) is 3.29. The van der Waals surface area contributed by atoms with Crippen molar-refractivity contribution in [3.05, 3.63) is 64.3 Å². The van der Waals surface area contributed by atoms with Crippen molar-refractivity contribution in [2.24, 2.45) is 5.73 Å². The number of rotatable bonds is 5. The van der Waals surface area contributed by atoms with Crippen LogP contribution in [-0.2, 0) is 27.4 Å². The largest absolute Gasteiger partial charge is 0.459 e. The molecule has 0 saturated carbocycles. The van der Waals surface area contributed by atoms with Crippen LogP contribution in [-0.4, -0.2) is 31.8 Å². The maximum absolute atomic E-state index is 14.3. The Hall–Kier alpha value is -4.01. The maximum atomic E-state index is 14.3. The number of carbonyl (C=O) groups excluding carboxylic acids is 2. The molecule has 2 heterocycles. The number of carbonyl (C=O) groups is 2. The highest BCUT2D eigenvalue weighted by molar-refractivity contribution is 6.05. The van der Waals surface area contributed by atoms with Crippen molar-refractivity contribution < 1.29 is 18.7 Å². The van der Waals surface area contributed by atoms with Crippen LogP contribution in [0.5, 0.6) is 0 Å². The van der Waals surface area contributed by atoms with Gasteiger partial charge in [0.1, 0.15) is 30.2 Å². The van der Waals surface area contributed by atoms with Crippen molar-refractivity contribution >= 4 is 33.6 Å². The molecule has 0 fully saturated rings. The molecule has 0 atom stereocenters. The van der Waals surface area contributed by atoms with E-state index in [-0.39, 0.29) is 6.54 Å². The molecule has 2 aromatic heterocycles. The van der Waals surface area contributed by atoms with Gasteiger partial charge in [0.2, 0.25) is 5.91 Å². The Morgan fingerprint density at radius 3 is 2.38 bits per heavy atom. The van der Waals surface area contributed by atoms with Gasteiger partial charge in [0.25, 0.3) is 5.56 Å². The monoisotopic (exact) mass is 464 g/mol. The van der Waals surface area contributed by atoms with Gasteiger partial charge in [-0.2, -0.15) is 5.10 Å². The van der Waals surface area contributed by atoms with Crippen LogP contribution in [0.25, 0.3) is 32.9 Å². The first-order valence-electron chi connectivity index (χ1n) is 10.7. The lowest BCUT2D eigenvalue weighted by atomic mass is 10.0. The van der Waals surface area contributed by atoms with Crippen LogP contribution in [0.15, 0.2) is 47.3 Å². The third-order valence-corrected chi connectivity index (χ3v) is 5.40. The zero-order valence-corrected chi connectivity index (χ0v) is 19.4. The molecule has 0 unspecified atom stereocenters. The van der Waals surface area contributed by atoms with Crippen molar-refractivity contribution in [3.8, 4) is 11.3 Å². The van der Waals surface area contributed by atoms with Crippen LogP contribution in [0.1, 0.15) is 26.5 Å². The minimum atomic E-state index is -0.717. The Bertz CT molecular complexity index is 1510. The smallest absolute Gasteiger partial charge is 0.326 e. The molecule has 0 bridgehead atoms. The van der Waals surface area contributed by atoms with Crippen LogP contribution in [0.4, 0.5) is 4.39 Å². The van der Waals surface area contributed by atoms with Gasteiger partial charge in [-0.3, -0.25) is 14.4 Å². The number of esters is 1. The second kappa shape index (κ2) is 8.40. The molecule has 4 aromatic rings. The lowest BCUT2D eigenvalue weighted by Gasteiger charge is -2.20. The number of primary amides is 1. The fourth-order valence-electron chi connectivity index (χ4n) is 4.13. The second-order valence-corrected chi connectivity index (χ2v) is 9.12. The van der Waals surface area contributed by atoms with E-state index < -0.39 is 35.4 Å². The average molecular weight is 464 g/mol. The van der Waals surface area contributed by atoms with E-state index in [1.165, 1.54) is 12.1 Å². The zero-order valence-electron chi connectivity index (χ0n) is 19.4. The van der Waals surface area contributed by atoms with E-state index in [9.17, 15) is 18.8 Å². The molecular weight excluding hydrogens is 439 g/mol. The summed E-state index contributed by atoms with van der Waals surface area (Å²) in [7, 11) is 0. The quantitative estimate of drug-likeness (QED) is 0.456. The van der Waals surface area contributed by atoms with Crippen molar-refractivity contribution in [2.75, 3.05) is 0 Å². The molecule has 1 amide bonds. The normalized spacial score (nSPS) is 11.8. The van der Waals surface area contributed by atoms with Gasteiger partial charge >= 0.3 is 5.97 Å². The highest BCUT2D eigenvalue weighted by Crippen LogP contribution is 2.37. The number of benzene rings is 2. The van der Waals surface area contributed by atoms with E-state index in [4.69, 9.17) is 10.5 Å². The molecule has 2 N–H and O–H groups in total. The molecule has 4 rings (SSSR count). The summed E-state index contributed by atoms with van der Waals surface area (Å²) in [5, 5.41) is 5.86. The number of hydrogen-bond donors (Lipinski definition) is 1. The summed E-state index contributed by atoms with van der Waals surface area (Å²) in [5.41, 5.74) is 6.38. The fraction of sp³-hybridized carbons (Fsp3) is 0.280. The Labute approximate surface area is 194 Å². The SMILES string of the molecule is Cc1c(-c2nn(CC(N)=O)c(=O)c3ccccc23)c2cc(F)ccc2n1CC(=O)OC(C)(C)C. The molecule has 9 heteroatoms. The third-order valence-electron chi connectivity index (χ3n) is 5.40. The summed E-state index contributed by atoms with van der Waals surface area (Å²) < 4.78 is 22.6. The molecule has 8 nitrogen and oxygen atoms in total. The first-order chi connectivity index (χ1) is 16.0. The summed E-state index contributed by atoms with van der Waals surface area (Å²) in [5.74, 6) is -1.62. The highest BCUT2D eigenvalue weighted by atomic mass is 19.1. The van der Waals surface area contributed by atoms with Crippen LogP contribution in [0, 0.1) is 12.7 Å². The lowest BCUT2D eigenvalue weighted by molar-refractivity contribution is -0.155. The third kappa shape index (κ3) is 4.28. The lowest BCUT2D eigenvalue weighted by Crippen LogP contribution is -2.30. The van der Waals surface area contributed by atoms with E-state index in [1.807, 2.05) is 0 Å². The van der Waals surface area contributed by atoms with Crippen LogP contribution >= 0.6 is 0 Å². The maximum Gasteiger partial charge on any atom is 0.326 e. The number of fused-ring (bicyclic) bond motifs is 2. The molecule has 34 heavy (non-hydrogen) atoms. The number of amides is 1. The molecule has 176 valence electrons. The molecule has 0 aliphatic rings. The molecule has 0 radical (unpaired) electrons. The van der Waals surface area contributed by atoms with E-state index in [0.29, 0.717) is 38.6 Å². The number of ether oxygens (including phenoxy) is 1. The van der Waals surface area contributed by atoms with Crippen molar-refractivity contribution in [2.45, 2.75) is 46.4 Å². The number of aromatic nitrogens is 3. The number of nitrogens with zero attached hydrogens (tertiary/aromatic N) is 3. The van der Waals surface area contributed by atoms with E-state index in [2.05, 4.69) is 5.10 Å². The van der Waals surface area contributed by atoms with Crippen LogP contribution in [0.3, 0.4) is 0 Å². The average Bonchev–Trinajstić information content (AvgIpc) is 2.99. The Morgan fingerprint density at radius 2 is 1.74 bits per heavy atom. The predicted molar refractivity (Wildman–Crippen MR) is 127 cm³/mol. The van der Waals surface area contributed by atoms with E-state index in [0.717, 1.165) is 4.68 Å². The van der Waals surface area contributed by atoms with Crippen molar-refractivity contribution in [3.63, 3.8) is 0 Å². The topological polar surface area (TPSA) is 109 Å². The minimum absolute atomic E-state index is 0.0932. The van der Waals surface area contributed by atoms with E-state index >= 15 is 0 Å². The molecule has 0 aliphatic carbocycles. The number of halogens is 1. The molecule has 0 spiro atoms. The van der Waals surface area contributed by atoms with E-state index in [1.54, 1.807) is 62.6 Å². The second-order valence-electron chi connectivity index (χ2n) is 9.12. The Balaban J connectivity index is 2.02. The zero-order chi connectivity index (χ0) is 24.8. The van der Waals surface area contributed by atoms with Gasteiger partial charge in [0.15, 0.2) is 0 Å². The Kier molecular flexibility index (Phi) is 5.72. The van der Waals surface area contributed by atoms with Gasteiger partial charge in [-0.15, -0.1) is 0 Å². The molecular formula is C25H25FN4O4. The van der Waals surface area contributed by atoms with Crippen LogP contribution in [0.2, 0.25) is 0 Å². The highest BCUT2D eigenvalue weighted by Gasteiger charge is 2.24. The minimum Gasteiger partial charge on any atom is -0.459 e. The van der Waals surface area contributed by atoms with Gasteiger partial charge < -0.3 is 15.0 Å². The number of hydrogen-bond acceptors (Lipinski definition) is 5. The first-order valence-corrected chi connectivity index (χ1v) is 10.7. The standard InChI is InChI=1S/C25H25FN4O4/c1-14-22(23-16-7-5-6-8-17(16)24(33)30(28-23)12-20(27)31)18-11-15(26)9-10-19(18)29(14)13-21(32)34-25(2,3)4/h5-11H,12-13H2,1-4H3,(H2,27,31). The summed E-state index contributed by atoms with van der Waals surface area (Å²) in [6, 6.07) is 11.1. The number of nitrogens with two attached hydrogens (primary N) is 1. The summed E-state index contributed by atoms with van der Waals surface area (Å²) in [6.07, 6.45) is 0. The summed E-state index contributed by atoms with van der Waals surface area (Å²) >= 11 is 0. The van der Waals surface area contributed by atoms with Gasteiger partial charge in [-0.1, -0.05) is 18.2 Å². The molecule has 0 saturated heterocycles. The van der Waals surface area contributed by atoms with Gasteiger partial charge in [0, 0.05) is 27.5 Å². The molecule has 0 aliphatic heterocycles. The molecule has 2 aromatic carbocycles. The van der Waals surface area contributed by atoms with Gasteiger partial charge in [0.05, 0.1) is 5.39 Å². The van der Waals surface area contributed by atoms with Crippen molar-refractivity contribution in [1.82, 2.24) is 14.3 Å². The summed E-state index contributed by atoms with van der Waals surface area (Å²) in [4.78, 5) is 37.1. The van der Waals surface area contributed by atoms with Gasteiger partial charge in [-0.25, -0.2) is 9.07 Å². The fourth-order valence-corrected chi connectivity index (χ4v) is 4.13.